The van der Waals surface area contributed by atoms with E-state index < -0.39 is 0 Å². The number of carbonyl (C=O) groups excluding carboxylic acids is 1. The number of nitrogens with zero attached hydrogens (tertiary/aromatic N) is 1. The van der Waals surface area contributed by atoms with Crippen LogP contribution in [0.3, 0.4) is 0 Å². The zero-order chi connectivity index (χ0) is 11.9. The fourth-order valence-corrected chi connectivity index (χ4v) is 3.32. The summed E-state index contributed by atoms with van der Waals surface area (Å²) in [6.45, 7) is 1.29. The smallest absolute Gasteiger partial charge is 0.234 e. The summed E-state index contributed by atoms with van der Waals surface area (Å²) in [6, 6.07) is 8.14. The molecule has 2 N–H and O–H groups in total. The third kappa shape index (κ3) is 1.76. The highest BCUT2D eigenvalue weighted by molar-refractivity contribution is 7.99. The number of benzene rings is 1. The van der Waals surface area contributed by atoms with Crippen molar-refractivity contribution in [1.29, 1.82) is 0 Å². The number of fused-ring (bicyclic) bond motifs is 1. The van der Waals surface area contributed by atoms with E-state index in [4.69, 9.17) is 5.73 Å². The first-order valence-corrected chi connectivity index (χ1v) is 6.99. The molecule has 0 spiro atoms. The van der Waals surface area contributed by atoms with Gasteiger partial charge < -0.3 is 10.6 Å². The van der Waals surface area contributed by atoms with Crippen LogP contribution in [0.5, 0.6) is 0 Å². The Morgan fingerprint density at radius 3 is 2.88 bits per heavy atom. The van der Waals surface area contributed by atoms with Crippen LogP contribution in [-0.4, -0.2) is 24.7 Å². The van der Waals surface area contributed by atoms with Crippen LogP contribution in [0.4, 0.5) is 5.69 Å². The highest BCUT2D eigenvalue weighted by Crippen LogP contribution is 2.48. The molecule has 0 radical (unpaired) electrons. The first-order chi connectivity index (χ1) is 8.27. The zero-order valence-electron chi connectivity index (χ0n) is 9.69. The minimum atomic E-state index is -0.241. The molecule has 1 amide bonds. The fraction of sp³-hybridized carbons (Fsp3) is 0.462. The maximum Gasteiger partial charge on any atom is 0.234 e. The van der Waals surface area contributed by atoms with Crippen molar-refractivity contribution in [2.45, 2.75) is 17.7 Å². The number of thioether (sulfide) groups is 1. The SMILES string of the molecule is NCC1(C(=O)N2CCSc3ccccc32)CC1. The molecule has 1 saturated carbocycles. The Morgan fingerprint density at radius 2 is 2.18 bits per heavy atom. The average molecular weight is 248 g/mol. The Morgan fingerprint density at radius 1 is 1.41 bits per heavy atom. The van der Waals surface area contributed by atoms with E-state index in [9.17, 15) is 4.79 Å². The van der Waals surface area contributed by atoms with Gasteiger partial charge >= 0.3 is 0 Å². The van der Waals surface area contributed by atoms with Crippen molar-refractivity contribution in [3.05, 3.63) is 24.3 Å². The van der Waals surface area contributed by atoms with Crippen molar-refractivity contribution < 1.29 is 4.79 Å². The summed E-state index contributed by atoms with van der Waals surface area (Å²) in [4.78, 5) is 15.7. The van der Waals surface area contributed by atoms with E-state index in [0.29, 0.717) is 6.54 Å². The highest BCUT2D eigenvalue weighted by Gasteiger charge is 2.51. The maximum atomic E-state index is 12.5. The predicted molar refractivity (Wildman–Crippen MR) is 70.2 cm³/mol. The first-order valence-electron chi connectivity index (χ1n) is 6.01. The van der Waals surface area contributed by atoms with Gasteiger partial charge in [-0.3, -0.25) is 4.79 Å². The van der Waals surface area contributed by atoms with Gasteiger partial charge in [0, 0.05) is 23.7 Å². The molecule has 1 aliphatic heterocycles. The monoisotopic (exact) mass is 248 g/mol. The maximum absolute atomic E-state index is 12.5. The Labute approximate surface area is 105 Å². The van der Waals surface area contributed by atoms with Crippen LogP contribution in [0.25, 0.3) is 0 Å². The van der Waals surface area contributed by atoms with Crippen molar-refractivity contribution in [1.82, 2.24) is 0 Å². The lowest BCUT2D eigenvalue weighted by Crippen LogP contribution is -2.43. The number of nitrogens with two attached hydrogens (primary N) is 1. The predicted octanol–water partition coefficient (Wildman–Crippen LogP) is 1.86. The molecule has 1 aromatic rings. The Hall–Kier alpha value is -1.00. The zero-order valence-corrected chi connectivity index (χ0v) is 10.5. The van der Waals surface area contributed by atoms with Crippen molar-refractivity contribution in [3.8, 4) is 0 Å². The molecule has 1 fully saturated rings. The third-order valence-corrected chi connectivity index (χ3v) is 4.71. The van der Waals surface area contributed by atoms with Gasteiger partial charge in [0.1, 0.15) is 0 Å². The molecule has 1 aliphatic carbocycles. The Kier molecular flexibility index (Phi) is 2.64. The number of hydrogen-bond donors (Lipinski definition) is 1. The van der Waals surface area contributed by atoms with Gasteiger partial charge in [0.05, 0.1) is 11.1 Å². The van der Waals surface area contributed by atoms with E-state index in [0.717, 1.165) is 30.8 Å². The number of para-hydroxylation sites is 1. The molecular formula is C13H16N2OS. The van der Waals surface area contributed by atoms with Gasteiger partial charge in [0.25, 0.3) is 0 Å². The van der Waals surface area contributed by atoms with E-state index in [1.54, 1.807) is 0 Å². The number of amides is 1. The molecule has 0 saturated heterocycles. The van der Waals surface area contributed by atoms with Gasteiger partial charge in [-0.2, -0.15) is 0 Å². The van der Waals surface area contributed by atoms with E-state index in [1.807, 2.05) is 34.9 Å². The molecule has 4 heteroatoms. The van der Waals surface area contributed by atoms with Gasteiger partial charge in [-0.15, -0.1) is 11.8 Å². The molecule has 1 aromatic carbocycles. The topological polar surface area (TPSA) is 46.3 Å². The number of anilines is 1. The molecule has 0 atom stereocenters. The van der Waals surface area contributed by atoms with Gasteiger partial charge in [0.15, 0.2) is 0 Å². The molecule has 0 aromatic heterocycles. The molecule has 17 heavy (non-hydrogen) atoms. The van der Waals surface area contributed by atoms with Gasteiger partial charge in [-0.1, -0.05) is 12.1 Å². The Balaban J connectivity index is 1.93. The van der Waals surface area contributed by atoms with E-state index in [1.165, 1.54) is 4.90 Å². The van der Waals surface area contributed by atoms with E-state index in [-0.39, 0.29) is 11.3 Å². The van der Waals surface area contributed by atoms with Crippen LogP contribution in [-0.2, 0) is 4.79 Å². The first kappa shape index (κ1) is 11.1. The average Bonchev–Trinajstić information content (AvgIpc) is 3.18. The number of hydrogen-bond acceptors (Lipinski definition) is 3. The Bertz CT molecular complexity index is 456. The third-order valence-electron chi connectivity index (χ3n) is 3.67. The second-order valence-electron chi connectivity index (χ2n) is 4.76. The van der Waals surface area contributed by atoms with E-state index in [2.05, 4.69) is 6.07 Å². The quantitative estimate of drug-likeness (QED) is 0.869. The molecule has 0 unspecified atom stereocenters. The minimum absolute atomic E-state index is 0.229. The van der Waals surface area contributed by atoms with Crippen molar-refractivity contribution >= 4 is 23.4 Å². The summed E-state index contributed by atoms with van der Waals surface area (Å²) in [5, 5.41) is 0. The molecule has 3 nitrogen and oxygen atoms in total. The second kappa shape index (κ2) is 4.03. The number of rotatable bonds is 2. The largest absolute Gasteiger partial charge is 0.329 e. The number of carbonyl (C=O) groups is 1. The molecular weight excluding hydrogens is 232 g/mol. The van der Waals surface area contributed by atoms with Gasteiger partial charge in [-0.05, 0) is 25.0 Å². The van der Waals surface area contributed by atoms with Crippen LogP contribution in [0.15, 0.2) is 29.2 Å². The standard InChI is InChI=1S/C13H16N2OS/c14-9-13(5-6-13)12(16)15-7-8-17-11-4-2-1-3-10(11)15/h1-4H,5-9,14H2. The molecule has 0 bridgehead atoms. The summed E-state index contributed by atoms with van der Waals surface area (Å²) in [6.07, 6.45) is 1.91. The van der Waals surface area contributed by atoms with Crippen molar-refractivity contribution in [2.24, 2.45) is 11.1 Å². The second-order valence-corrected chi connectivity index (χ2v) is 5.89. The van der Waals surface area contributed by atoms with Crippen LogP contribution in [0.1, 0.15) is 12.8 Å². The van der Waals surface area contributed by atoms with Crippen LogP contribution in [0.2, 0.25) is 0 Å². The van der Waals surface area contributed by atoms with Gasteiger partial charge in [-0.25, -0.2) is 0 Å². The highest BCUT2D eigenvalue weighted by atomic mass is 32.2. The summed E-state index contributed by atoms with van der Waals surface area (Å²) >= 11 is 1.82. The lowest BCUT2D eigenvalue weighted by atomic mass is 10.1. The van der Waals surface area contributed by atoms with E-state index >= 15 is 0 Å². The lowest BCUT2D eigenvalue weighted by molar-refractivity contribution is -0.123. The lowest BCUT2D eigenvalue weighted by Gasteiger charge is -2.31. The molecule has 2 aliphatic rings. The minimum Gasteiger partial charge on any atom is -0.329 e. The fourth-order valence-electron chi connectivity index (χ4n) is 2.32. The summed E-state index contributed by atoms with van der Waals surface area (Å²) < 4.78 is 0. The van der Waals surface area contributed by atoms with Crippen molar-refractivity contribution in [3.63, 3.8) is 0 Å². The summed E-state index contributed by atoms with van der Waals surface area (Å²) in [5.41, 5.74) is 6.57. The van der Waals surface area contributed by atoms with Crippen LogP contribution < -0.4 is 10.6 Å². The summed E-state index contributed by atoms with van der Waals surface area (Å²) in [7, 11) is 0. The molecule has 3 rings (SSSR count). The summed E-state index contributed by atoms with van der Waals surface area (Å²) in [5.74, 6) is 1.20. The van der Waals surface area contributed by atoms with Gasteiger partial charge in [0.2, 0.25) is 5.91 Å². The molecule has 90 valence electrons. The van der Waals surface area contributed by atoms with Crippen LogP contribution >= 0.6 is 11.8 Å². The normalized spacial score (nSPS) is 20.9. The van der Waals surface area contributed by atoms with Crippen LogP contribution in [0, 0.1) is 5.41 Å². The van der Waals surface area contributed by atoms with Crippen molar-refractivity contribution in [2.75, 3.05) is 23.7 Å². The molecule has 1 heterocycles.